The van der Waals surface area contributed by atoms with Crippen LogP contribution in [0.25, 0.3) is 22.3 Å². The third kappa shape index (κ3) is 2.43. The molecule has 0 N–H and O–H groups in total. The number of rotatable bonds is 3. The molecular weight excluding hydrogens is 244 g/mol. The van der Waals surface area contributed by atoms with Crippen molar-refractivity contribution < 1.29 is 4.74 Å². The quantitative estimate of drug-likeness (QED) is 0.654. The highest BCUT2D eigenvalue weighted by molar-refractivity contribution is 5.83. The molecule has 0 aromatic heterocycles. The molecule has 0 fully saturated rings. The Kier molecular flexibility index (Phi) is 3.51. The van der Waals surface area contributed by atoms with E-state index in [0.717, 1.165) is 16.9 Å². The summed E-state index contributed by atoms with van der Waals surface area (Å²) in [6.07, 6.45) is 0. The van der Waals surface area contributed by atoms with Gasteiger partial charge in [-0.25, -0.2) is 0 Å². The maximum absolute atomic E-state index is 5.21. The van der Waals surface area contributed by atoms with E-state index < -0.39 is 0 Å². The first-order valence-electron chi connectivity index (χ1n) is 6.59. The van der Waals surface area contributed by atoms with Crippen LogP contribution in [0.15, 0.2) is 72.8 Å². The topological polar surface area (TPSA) is 9.23 Å². The summed E-state index contributed by atoms with van der Waals surface area (Å²) in [6, 6.07) is 27.9. The van der Waals surface area contributed by atoms with Crippen LogP contribution in [-0.4, -0.2) is 7.11 Å². The molecule has 0 amide bonds. The van der Waals surface area contributed by atoms with E-state index in [4.69, 9.17) is 4.74 Å². The number of methoxy groups -OCH3 is 1. The van der Waals surface area contributed by atoms with Gasteiger partial charge < -0.3 is 4.74 Å². The summed E-state index contributed by atoms with van der Waals surface area (Å²) in [5.41, 5.74) is 4.65. The summed E-state index contributed by atoms with van der Waals surface area (Å²) >= 11 is 0. The van der Waals surface area contributed by atoms with Crippen LogP contribution in [0.3, 0.4) is 0 Å². The molecule has 0 aliphatic heterocycles. The fraction of sp³-hybridized carbons (Fsp3) is 0.0526. The van der Waals surface area contributed by atoms with Crippen molar-refractivity contribution in [3.05, 3.63) is 78.9 Å². The predicted octanol–water partition coefficient (Wildman–Crippen LogP) is 4.83. The molecule has 3 aromatic rings. The lowest BCUT2D eigenvalue weighted by Crippen LogP contribution is -1.86. The van der Waals surface area contributed by atoms with Crippen molar-refractivity contribution in [3.8, 4) is 28.0 Å². The van der Waals surface area contributed by atoms with Crippen LogP contribution in [0, 0.1) is 6.07 Å². The van der Waals surface area contributed by atoms with Crippen molar-refractivity contribution in [3.63, 3.8) is 0 Å². The zero-order chi connectivity index (χ0) is 13.8. The van der Waals surface area contributed by atoms with E-state index in [9.17, 15) is 0 Å². The molecule has 1 nitrogen and oxygen atoms in total. The highest BCUT2D eigenvalue weighted by Crippen LogP contribution is 2.32. The Morgan fingerprint density at radius 1 is 0.750 bits per heavy atom. The molecule has 0 saturated heterocycles. The third-order valence-electron chi connectivity index (χ3n) is 3.32. The lowest BCUT2D eigenvalue weighted by atomic mass is 9.95. The van der Waals surface area contributed by atoms with Crippen LogP contribution in [0.4, 0.5) is 0 Å². The van der Waals surface area contributed by atoms with E-state index in [1.807, 2.05) is 30.3 Å². The average Bonchev–Trinajstić information content (AvgIpc) is 2.56. The van der Waals surface area contributed by atoms with Crippen molar-refractivity contribution in [1.29, 1.82) is 0 Å². The average molecular weight is 259 g/mol. The van der Waals surface area contributed by atoms with Crippen molar-refractivity contribution in [1.82, 2.24) is 0 Å². The summed E-state index contributed by atoms with van der Waals surface area (Å²) < 4.78 is 5.21. The van der Waals surface area contributed by atoms with Gasteiger partial charge in [-0.15, -0.1) is 0 Å². The van der Waals surface area contributed by atoms with Crippen LogP contribution in [0.1, 0.15) is 0 Å². The van der Waals surface area contributed by atoms with Crippen LogP contribution in [0.5, 0.6) is 5.75 Å². The normalized spacial score (nSPS) is 10.2. The van der Waals surface area contributed by atoms with Crippen LogP contribution >= 0.6 is 0 Å². The second-order valence-corrected chi connectivity index (χ2v) is 4.55. The van der Waals surface area contributed by atoms with Gasteiger partial charge in [0.15, 0.2) is 0 Å². The lowest BCUT2D eigenvalue weighted by Gasteiger charge is -2.10. The predicted molar refractivity (Wildman–Crippen MR) is 82.7 cm³/mol. The van der Waals surface area contributed by atoms with Gasteiger partial charge in [0.2, 0.25) is 0 Å². The smallest absolute Gasteiger partial charge is 0.118 e. The van der Waals surface area contributed by atoms with E-state index in [0.29, 0.717) is 0 Å². The molecule has 1 radical (unpaired) electrons. The third-order valence-corrected chi connectivity index (χ3v) is 3.32. The molecule has 0 aliphatic carbocycles. The number of benzene rings is 3. The van der Waals surface area contributed by atoms with Gasteiger partial charge in [0.1, 0.15) is 5.75 Å². The molecule has 0 atom stereocenters. The van der Waals surface area contributed by atoms with E-state index in [1.54, 1.807) is 7.11 Å². The standard InChI is InChI=1S/C19H15O/c1-20-17-13-11-16(12-14-17)19-10-6-5-9-18(19)15-7-3-2-4-8-15/h2-9,11-14H,1H3. The van der Waals surface area contributed by atoms with Gasteiger partial charge in [0.05, 0.1) is 7.11 Å². The fourth-order valence-electron chi connectivity index (χ4n) is 2.29. The number of hydrogen-bond donors (Lipinski definition) is 0. The van der Waals surface area contributed by atoms with Gasteiger partial charge in [0, 0.05) is 0 Å². The monoisotopic (exact) mass is 259 g/mol. The molecule has 0 heterocycles. The molecule has 20 heavy (non-hydrogen) atoms. The molecule has 0 aliphatic rings. The number of ether oxygens (including phenoxy) is 1. The van der Waals surface area contributed by atoms with Gasteiger partial charge in [0.25, 0.3) is 0 Å². The van der Waals surface area contributed by atoms with Crippen LogP contribution < -0.4 is 4.74 Å². The molecule has 3 aromatic carbocycles. The second kappa shape index (κ2) is 5.62. The maximum Gasteiger partial charge on any atom is 0.118 e. The van der Waals surface area contributed by atoms with E-state index >= 15 is 0 Å². The Balaban J connectivity index is 2.10. The minimum atomic E-state index is 0.867. The maximum atomic E-state index is 5.21. The molecule has 0 unspecified atom stereocenters. The minimum absolute atomic E-state index is 0.867. The molecule has 0 bridgehead atoms. The van der Waals surface area contributed by atoms with Gasteiger partial charge in [-0.3, -0.25) is 0 Å². The number of hydrogen-bond acceptors (Lipinski definition) is 1. The summed E-state index contributed by atoms with van der Waals surface area (Å²) in [5, 5.41) is 0. The molecule has 0 saturated carbocycles. The zero-order valence-electron chi connectivity index (χ0n) is 11.3. The minimum Gasteiger partial charge on any atom is -0.497 e. The Morgan fingerprint density at radius 2 is 1.50 bits per heavy atom. The van der Waals surface area contributed by atoms with Gasteiger partial charge in [-0.2, -0.15) is 0 Å². The van der Waals surface area contributed by atoms with E-state index in [1.165, 1.54) is 11.1 Å². The Morgan fingerprint density at radius 3 is 2.20 bits per heavy atom. The van der Waals surface area contributed by atoms with Gasteiger partial charge in [-0.1, -0.05) is 60.7 Å². The first-order chi connectivity index (χ1) is 9.88. The van der Waals surface area contributed by atoms with Gasteiger partial charge >= 0.3 is 0 Å². The van der Waals surface area contributed by atoms with Crippen molar-refractivity contribution in [2.24, 2.45) is 0 Å². The second-order valence-electron chi connectivity index (χ2n) is 4.55. The summed E-state index contributed by atoms with van der Waals surface area (Å²) in [5.74, 6) is 0.867. The Bertz CT molecular complexity index is 684. The molecular formula is C19H15O. The molecule has 1 heteroatoms. The van der Waals surface area contributed by atoms with E-state index in [2.05, 4.69) is 48.5 Å². The largest absolute Gasteiger partial charge is 0.497 e. The highest BCUT2D eigenvalue weighted by atomic mass is 16.5. The molecule has 0 spiro atoms. The first-order valence-corrected chi connectivity index (χ1v) is 6.59. The van der Waals surface area contributed by atoms with Crippen LogP contribution in [0.2, 0.25) is 0 Å². The zero-order valence-corrected chi connectivity index (χ0v) is 11.3. The Hall–Kier alpha value is -2.54. The lowest BCUT2D eigenvalue weighted by molar-refractivity contribution is 0.415. The van der Waals surface area contributed by atoms with Crippen molar-refractivity contribution in [2.45, 2.75) is 0 Å². The van der Waals surface area contributed by atoms with Crippen molar-refractivity contribution in [2.75, 3.05) is 7.11 Å². The molecule has 97 valence electrons. The van der Waals surface area contributed by atoms with Crippen LogP contribution in [-0.2, 0) is 0 Å². The fourth-order valence-corrected chi connectivity index (χ4v) is 2.29. The first kappa shape index (κ1) is 12.5. The summed E-state index contributed by atoms with van der Waals surface area (Å²) in [6.45, 7) is 0. The van der Waals surface area contributed by atoms with E-state index in [-0.39, 0.29) is 0 Å². The summed E-state index contributed by atoms with van der Waals surface area (Å²) in [7, 11) is 1.68. The SMILES string of the molecule is COc1ccc(-c2[c]cccc2-c2ccccc2)cc1. The Labute approximate surface area is 119 Å². The van der Waals surface area contributed by atoms with Crippen molar-refractivity contribution >= 4 is 0 Å². The molecule has 3 rings (SSSR count). The van der Waals surface area contributed by atoms with Gasteiger partial charge in [-0.05, 0) is 40.5 Å². The highest BCUT2D eigenvalue weighted by Gasteiger charge is 2.06. The summed E-state index contributed by atoms with van der Waals surface area (Å²) in [4.78, 5) is 0.